The van der Waals surface area contributed by atoms with E-state index in [4.69, 9.17) is 27.9 Å². The van der Waals surface area contributed by atoms with Crippen molar-refractivity contribution >= 4 is 23.2 Å². The first-order valence-corrected chi connectivity index (χ1v) is 7.15. The van der Waals surface area contributed by atoms with Gasteiger partial charge in [0.25, 0.3) is 0 Å². The molecule has 2 atom stereocenters. The van der Waals surface area contributed by atoms with Crippen molar-refractivity contribution in [2.75, 3.05) is 13.2 Å². The van der Waals surface area contributed by atoms with Crippen molar-refractivity contribution in [1.29, 1.82) is 0 Å². The summed E-state index contributed by atoms with van der Waals surface area (Å²) in [7, 11) is 0. The highest BCUT2D eigenvalue weighted by atomic mass is 35.5. The summed E-state index contributed by atoms with van der Waals surface area (Å²) in [6.07, 6.45) is -0.587. The average Bonchev–Trinajstić information content (AvgIpc) is 2.36. The molecule has 0 radical (unpaired) electrons. The van der Waals surface area contributed by atoms with Gasteiger partial charge in [0, 0.05) is 23.7 Å². The number of rotatable bonds is 7. The Labute approximate surface area is 124 Å². The summed E-state index contributed by atoms with van der Waals surface area (Å²) in [5, 5.41) is 14.1. The molecule has 19 heavy (non-hydrogen) atoms. The minimum Gasteiger partial charge on any atom is -0.489 e. The summed E-state index contributed by atoms with van der Waals surface area (Å²) in [5.74, 6) is 1.01. The summed E-state index contributed by atoms with van der Waals surface area (Å²) in [4.78, 5) is 0. The molecule has 0 heterocycles. The van der Waals surface area contributed by atoms with Crippen LogP contribution in [0.1, 0.15) is 20.8 Å². The fourth-order valence-electron chi connectivity index (χ4n) is 1.39. The van der Waals surface area contributed by atoms with Crippen LogP contribution in [0.25, 0.3) is 0 Å². The van der Waals surface area contributed by atoms with Crippen LogP contribution >= 0.6 is 23.2 Å². The van der Waals surface area contributed by atoms with Crippen LogP contribution < -0.4 is 10.1 Å². The molecule has 5 heteroatoms. The van der Waals surface area contributed by atoms with Crippen LogP contribution in [-0.2, 0) is 0 Å². The summed E-state index contributed by atoms with van der Waals surface area (Å²) in [5.41, 5.74) is 0. The number of halogens is 2. The molecule has 1 aromatic carbocycles. The predicted molar refractivity (Wildman–Crippen MR) is 80.3 cm³/mol. The number of aliphatic hydroxyl groups excluding tert-OH is 1. The minimum absolute atomic E-state index is 0.178. The topological polar surface area (TPSA) is 41.5 Å². The van der Waals surface area contributed by atoms with Crippen LogP contribution in [0.3, 0.4) is 0 Å². The number of ether oxygens (including phenoxy) is 1. The normalized spacial score (nSPS) is 14.5. The molecule has 0 fully saturated rings. The van der Waals surface area contributed by atoms with Crippen LogP contribution in [0.5, 0.6) is 5.75 Å². The SMILES string of the molecule is CC(C)C(C)NCC(O)COc1cc(Cl)ccc1Cl. The van der Waals surface area contributed by atoms with E-state index in [1.165, 1.54) is 0 Å². The van der Waals surface area contributed by atoms with Crippen molar-refractivity contribution in [2.45, 2.75) is 32.9 Å². The van der Waals surface area contributed by atoms with Crippen molar-refractivity contribution in [3.8, 4) is 5.75 Å². The molecular formula is C14H21Cl2NO2. The molecule has 2 unspecified atom stereocenters. The van der Waals surface area contributed by atoms with Gasteiger partial charge in [0.05, 0.1) is 5.02 Å². The molecule has 0 bridgehead atoms. The molecule has 108 valence electrons. The van der Waals surface area contributed by atoms with Crippen LogP contribution in [0.4, 0.5) is 0 Å². The van der Waals surface area contributed by atoms with E-state index < -0.39 is 6.10 Å². The molecule has 0 spiro atoms. The number of benzene rings is 1. The second-order valence-electron chi connectivity index (χ2n) is 4.98. The Bertz CT molecular complexity index is 399. The van der Waals surface area contributed by atoms with E-state index in [-0.39, 0.29) is 6.61 Å². The van der Waals surface area contributed by atoms with Crippen molar-refractivity contribution < 1.29 is 9.84 Å². The number of nitrogens with one attached hydrogen (secondary N) is 1. The van der Waals surface area contributed by atoms with Gasteiger partial charge in [0.15, 0.2) is 0 Å². The fraction of sp³-hybridized carbons (Fsp3) is 0.571. The third-order valence-corrected chi connectivity index (χ3v) is 3.55. The summed E-state index contributed by atoms with van der Waals surface area (Å²) in [6.45, 7) is 7.01. The van der Waals surface area contributed by atoms with Gasteiger partial charge in [0.2, 0.25) is 0 Å². The van der Waals surface area contributed by atoms with Gasteiger partial charge in [-0.1, -0.05) is 37.0 Å². The average molecular weight is 306 g/mol. The Hall–Kier alpha value is -0.480. The third-order valence-electron chi connectivity index (χ3n) is 3.00. The summed E-state index contributed by atoms with van der Waals surface area (Å²) >= 11 is 11.8. The lowest BCUT2D eigenvalue weighted by molar-refractivity contribution is 0.102. The van der Waals surface area contributed by atoms with E-state index in [2.05, 4.69) is 26.1 Å². The highest BCUT2D eigenvalue weighted by molar-refractivity contribution is 6.34. The Balaban J connectivity index is 2.37. The lowest BCUT2D eigenvalue weighted by Crippen LogP contribution is -2.38. The lowest BCUT2D eigenvalue weighted by Gasteiger charge is -2.20. The zero-order chi connectivity index (χ0) is 14.4. The third kappa shape index (κ3) is 6.00. The zero-order valence-corrected chi connectivity index (χ0v) is 13.0. The predicted octanol–water partition coefficient (Wildman–Crippen LogP) is 3.37. The first-order chi connectivity index (χ1) is 8.90. The molecule has 0 aliphatic heterocycles. The smallest absolute Gasteiger partial charge is 0.139 e. The Morgan fingerprint density at radius 3 is 2.58 bits per heavy atom. The maximum Gasteiger partial charge on any atom is 0.139 e. The molecule has 0 aromatic heterocycles. The molecule has 0 saturated carbocycles. The van der Waals surface area contributed by atoms with Crippen molar-refractivity contribution in [2.24, 2.45) is 5.92 Å². The van der Waals surface area contributed by atoms with E-state index >= 15 is 0 Å². The van der Waals surface area contributed by atoms with E-state index in [0.29, 0.717) is 34.3 Å². The number of aliphatic hydroxyl groups is 1. The second kappa shape index (κ2) is 7.95. The first kappa shape index (κ1) is 16.6. The minimum atomic E-state index is -0.587. The monoisotopic (exact) mass is 305 g/mol. The van der Waals surface area contributed by atoms with Gasteiger partial charge in [-0.2, -0.15) is 0 Å². The van der Waals surface area contributed by atoms with Crippen molar-refractivity contribution in [3.05, 3.63) is 28.2 Å². The highest BCUT2D eigenvalue weighted by Gasteiger charge is 2.11. The first-order valence-electron chi connectivity index (χ1n) is 6.39. The zero-order valence-electron chi connectivity index (χ0n) is 11.5. The van der Waals surface area contributed by atoms with Crippen molar-refractivity contribution in [1.82, 2.24) is 5.32 Å². The molecular weight excluding hydrogens is 285 g/mol. The van der Waals surface area contributed by atoms with Crippen LogP contribution in [0.2, 0.25) is 10.0 Å². The Morgan fingerprint density at radius 2 is 1.95 bits per heavy atom. The highest BCUT2D eigenvalue weighted by Crippen LogP contribution is 2.27. The van der Waals surface area contributed by atoms with Gasteiger partial charge in [-0.3, -0.25) is 0 Å². The number of hydrogen-bond acceptors (Lipinski definition) is 3. The molecule has 1 aromatic rings. The standard InChI is InChI=1S/C14H21Cl2NO2/c1-9(2)10(3)17-7-12(18)8-19-14-6-11(15)4-5-13(14)16/h4-6,9-10,12,17-18H,7-8H2,1-3H3. The second-order valence-corrected chi connectivity index (χ2v) is 5.82. The molecule has 0 amide bonds. The maximum atomic E-state index is 9.84. The summed E-state index contributed by atoms with van der Waals surface area (Å²) < 4.78 is 5.47. The van der Waals surface area contributed by atoms with Crippen LogP contribution in [0.15, 0.2) is 18.2 Å². The molecule has 1 rings (SSSR count). The molecule has 0 saturated heterocycles. The molecule has 2 N–H and O–H groups in total. The van der Waals surface area contributed by atoms with Gasteiger partial charge in [0.1, 0.15) is 18.5 Å². The van der Waals surface area contributed by atoms with Gasteiger partial charge < -0.3 is 15.2 Å². The largest absolute Gasteiger partial charge is 0.489 e. The van der Waals surface area contributed by atoms with Gasteiger partial charge in [-0.15, -0.1) is 0 Å². The van der Waals surface area contributed by atoms with Crippen LogP contribution in [0, 0.1) is 5.92 Å². The van der Waals surface area contributed by atoms with Gasteiger partial charge >= 0.3 is 0 Å². The van der Waals surface area contributed by atoms with Gasteiger partial charge in [-0.05, 0) is 25.0 Å². The molecule has 0 aliphatic carbocycles. The quantitative estimate of drug-likeness (QED) is 0.811. The summed E-state index contributed by atoms with van der Waals surface area (Å²) in [6, 6.07) is 5.36. The maximum absolute atomic E-state index is 9.84. The lowest BCUT2D eigenvalue weighted by atomic mass is 10.1. The Morgan fingerprint density at radius 1 is 1.26 bits per heavy atom. The van der Waals surface area contributed by atoms with Crippen molar-refractivity contribution in [3.63, 3.8) is 0 Å². The molecule has 0 aliphatic rings. The fourth-order valence-corrected chi connectivity index (χ4v) is 1.72. The Kier molecular flexibility index (Phi) is 6.94. The van der Waals surface area contributed by atoms with E-state index in [0.717, 1.165) is 0 Å². The molecule has 3 nitrogen and oxygen atoms in total. The van der Waals surface area contributed by atoms with Gasteiger partial charge in [-0.25, -0.2) is 0 Å². The van der Waals surface area contributed by atoms with E-state index in [1.807, 2.05) is 0 Å². The van der Waals surface area contributed by atoms with Crippen LogP contribution in [-0.4, -0.2) is 30.4 Å². The van der Waals surface area contributed by atoms with E-state index in [1.54, 1.807) is 18.2 Å². The van der Waals surface area contributed by atoms with E-state index in [9.17, 15) is 5.11 Å². The number of hydrogen-bond donors (Lipinski definition) is 2.